The van der Waals surface area contributed by atoms with Crippen LogP contribution in [0.5, 0.6) is 5.88 Å². The molecule has 0 atom stereocenters. The lowest BCUT2D eigenvalue weighted by atomic mass is 9.95. The number of aromatic nitrogens is 2. The standard InChI is InChI=1S/C14H25N3O/c1-7-9-15-11-10(3)12(18-8-2)17-13(16-11)14(4,5)6/h7-9H2,1-6H3,(H,15,16,17). The summed E-state index contributed by atoms with van der Waals surface area (Å²) in [5.74, 6) is 2.39. The Labute approximate surface area is 110 Å². The Morgan fingerprint density at radius 2 is 1.83 bits per heavy atom. The molecule has 0 aliphatic carbocycles. The first-order valence-electron chi connectivity index (χ1n) is 6.65. The molecule has 0 unspecified atom stereocenters. The molecule has 0 radical (unpaired) electrons. The van der Waals surface area contributed by atoms with Gasteiger partial charge in [0, 0.05) is 12.0 Å². The highest BCUT2D eigenvalue weighted by atomic mass is 16.5. The Morgan fingerprint density at radius 1 is 1.17 bits per heavy atom. The van der Waals surface area contributed by atoms with E-state index in [1.165, 1.54) is 0 Å². The Morgan fingerprint density at radius 3 is 2.33 bits per heavy atom. The van der Waals surface area contributed by atoms with Crippen molar-refractivity contribution in [3.63, 3.8) is 0 Å². The van der Waals surface area contributed by atoms with E-state index < -0.39 is 0 Å². The molecule has 0 aliphatic rings. The number of hydrogen-bond donors (Lipinski definition) is 1. The van der Waals surface area contributed by atoms with E-state index in [0.717, 1.165) is 30.2 Å². The Hall–Kier alpha value is -1.32. The van der Waals surface area contributed by atoms with Gasteiger partial charge >= 0.3 is 0 Å². The van der Waals surface area contributed by atoms with Gasteiger partial charge in [-0.1, -0.05) is 27.7 Å². The predicted octanol–water partition coefficient (Wildman–Crippen LogP) is 3.30. The molecule has 0 aromatic carbocycles. The second-order valence-corrected chi connectivity index (χ2v) is 5.44. The number of anilines is 1. The smallest absolute Gasteiger partial charge is 0.221 e. The summed E-state index contributed by atoms with van der Waals surface area (Å²) >= 11 is 0. The maximum absolute atomic E-state index is 5.60. The fourth-order valence-electron chi connectivity index (χ4n) is 1.52. The molecule has 1 N–H and O–H groups in total. The van der Waals surface area contributed by atoms with Crippen LogP contribution in [0.2, 0.25) is 0 Å². The van der Waals surface area contributed by atoms with E-state index >= 15 is 0 Å². The molecule has 1 rings (SSSR count). The molecule has 0 amide bonds. The molecule has 1 heterocycles. The minimum Gasteiger partial charge on any atom is -0.478 e. The minimum absolute atomic E-state index is 0.0812. The van der Waals surface area contributed by atoms with Gasteiger partial charge in [0.2, 0.25) is 5.88 Å². The molecule has 102 valence electrons. The fraction of sp³-hybridized carbons (Fsp3) is 0.714. The zero-order chi connectivity index (χ0) is 13.8. The number of hydrogen-bond acceptors (Lipinski definition) is 4. The van der Waals surface area contributed by atoms with E-state index in [-0.39, 0.29) is 5.41 Å². The normalized spacial score (nSPS) is 11.4. The summed E-state index contributed by atoms with van der Waals surface area (Å²) in [7, 11) is 0. The van der Waals surface area contributed by atoms with Crippen molar-refractivity contribution in [1.82, 2.24) is 9.97 Å². The van der Waals surface area contributed by atoms with Crippen LogP contribution in [0, 0.1) is 6.92 Å². The van der Waals surface area contributed by atoms with Crippen LogP contribution < -0.4 is 10.1 Å². The van der Waals surface area contributed by atoms with E-state index in [4.69, 9.17) is 4.74 Å². The van der Waals surface area contributed by atoms with E-state index in [1.54, 1.807) is 0 Å². The molecule has 4 nitrogen and oxygen atoms in total. The molecule has 0 saturated heterocycles. The summed E-state index contributed by atoms with van der Waals surface area (Å²) in [5, 5.41) is 3.34. The Bertz CT molecular complexity index is 397. The molecular formula is C14H25N3O. The van der Waals surface area contributed by atoms with Gasteiger partial charge in [-0.3, -0.25) is 0 Å². The van der Waals surface area contributed by atoms with Crippen LogP contribution in [0.15, 0.2) is 0 Å². The number of rotatable bonds is 5. The zero-order valence-electron chi connectivity index (χ0n) is 12.4. The topological polar surface area (TPSA) is 47.0 Å². The highest BCUT2D eigenvalue weighted by Crippen LogP contribution is 2.27. The lowest BCUT2D eigenvalue weighted by molar-refractivity contribution is 0.319. The predicted molar refractivity (Wildman–Crippen MR) is 75.4 cm³/mol. The first kappa shape index (κ1) is 14.7. The summed E-state index contributed by atoms with van der Waals surface area (Å²) in [6.07, 6.45) is 1.07. The molecular weight excluding hydrogens is 226 g/mol. The third-order valence-corrected chi connectivity index (χ3v) is 2.60. The van der Waals surface area contributed by atoms with E-state index in [1.807, 2.05) is 13.8 Å². The molecule has 1 aromatic rings. The number of nitrogens with zero attached hydrogens (tertiary/aromatic N) is 2. The van der Waals surface area contributed by atoms with Crippen LogP contribution in [0.25, 0.3) is 0 Å². The Kier molecular flexibility index (Phi) is 4.93. The molecule has 0 aliphatic heterocycles. The lowest BCUT2D eigenvalue weighted by Crippen LogP contribution is -2.19. The fourth-order valence-corrected chi connectivity index (χ4v) is 1.52. The van der Waals surface area contributed by atoms with Crippen LogP contribution in [0.3, 0.4) is 0 Å². The van der Waals surface area contributed by atoms with Crippen LogP contribution in [-0.4, -0.2) is 23.1 Å². The molecule has 0 fully saturated rings. The van der Waals surface area contributed by atoms with Crippen molar-refractivity contribution in [3.8, 4) is 5.88 Å². The van der Waals surface area contributed by atoms with Gasteiger partial charge in [0.15, 0.2) is 0 Å². The molecule has 0 bridgehead atoms. The van der Waals surface area contributed by atoms with Gasteiger partial charge in [0.05, 0.1) is 12.2 Å². The SMILES string of the molecule is CCCNc1nc(C(C)(C)C)nc(OCC)c1C. The quantitative estimate of drug-likeness (QED) is 0.872. The van der Waals surface area contributed by atoms with Crippen LogP contribution in [0.4, 0.5) is 5.82 Å². The highest BCUT2D eigenvalue weighted by molar-refractivity contribution is 5.49. The largest absolute Gasteiger partial charge is 0.478 e. The monoisotopic (exact) mass is 251 g/mol. The van der Waals surface area contributed by atoms with Gasteiger partial charge in [-0.05, 0) is 20.3 Å². The van der Waals surface area contributed by atoms with E-state index in [0.29, 0.717) is 12.5 Å². The second kappa shape index (κ2) is 6.03. The van der Waals surface area contributed by atoms with Crippen LogP contribution >= 0.6 is 0 Å². The summed E-state index contributed by atoms with van der Waals surface area (Å²) in [6.45, 7) is 14.0. The average molecular weight is 251 g/mol. The van der Waals surface area contributed by atoms with Gasteiger partial charge in [-0.25, -0.2) is 4.98 Å². The van der Waals surface area contributed by atoms with Gasteiger partial charge in [-0.15, -0.1) is 0 Å². The van der Waals surface area contributed by atoms with Crippen LogP contribution in [-0.2, 0) is 5.41 Å². The van der Waals surface area contributed by atoms with Crippen molar-refractivity contribution in [1.29, 1.82) is 0 Å². The van der Waals surface area contributed by atoms with Crippen molar-refractivity contribution < 1.29 is 4.74 Å². The molecule has 0 saturated carbocycles. The molecule has 1 aromatic heterocycles. The van der Waals surface area contributed by atoms with Crippen molar-refractivity contribution >= 4 is 5.82 Å². The third kappa shape index (κ3) is 3.59. The first-order chi connectivity index (χ1) is 8.40. The van der Waals surface area contributed by atoms with Crippen LogP contribution in [0.1, 0.15) is 52.4 Å². The highest BCUT2D eigenvalue weighted by Gasteiger charge is 2.21. The third-order valence-electron chi connectivity index (χ3n) is 2.60. The number of nitrogens with one attached hydrogen (secondary N) is 1. The number of ether oxygens (including phenoxy) is 1. The summed E-state index contributed by atoms with van der Waals surface area (Å²) in [5.41, 5.74) is 0.903. The van der Waals surface area contributed by atoms with Crippen molar-refractivity contribution in [2.45, 2.75) is 53.4 Å². The van der Waals surface area contributed by atoms with E-state index in [9.17, 15) is 0 Å². The van der Waals surface area contributed by atoms with Gasteiger partial charge in [-0.2, -0.15) is 4.98 Å². The van der Waals surface area contributed by atoms with Gasteiger partial charge in [0.25, 0.3) is 0 Å². The lowest BCUT2D eigenvalue weighted by Gasteiger charge is -2.20. The summed E-state index contributed by atoms with van der Waals surface area (Å²) < 4.78 is 5.60. The molecule has 4 heteroatoms. The first-order valence-corrected chi connectivity index (χ1v) is 6.65. The van der Waals surface area contributed by atoms with Crippen molar-refractivity contribution in [3.05, 3.63) is 11.4 Å². The summed E-state index contributed by atoms with van der Waals surface area (Å²) in [4.78, 5) is 9.15. The van der Waals surface area contributed by atoms with E-state index in [2.05, 4.69) is 43.0 Å². The van der Waals surface area contributed by atoms with Gasteiger partial charge < -0.3 is 10.1 Å². The molecule has 0 spiro atoms. The molecule has 18 heavy (non-hydrogen) atoms. The average Bonchev–Trinajstić information content (AvgIpc) is 2.29. The van der Waals surface area contributed by atoms with Crippen molar-refractivity contribution in [2.75, 3.05) is 18.5 Å². The van der Waals surface area contributed by atoms with Crippen molar-refractivity contribution in [2.24, 2.45) is 0 Å². The second-order valence-electron chi connectivity index (χ2n) is 5.44. The maximum atomic E-state index is 5.60. The minimum atomic E-state index is -0.0812. The summed E-state index contributed by atoms with van der Waals surface area (Å²) in [6, 6.07) is 0. The Balaban J connectivity index is 3.18. The zero-order valence-corrected chi connectivity index (χ0v) is 12.4. The maximum Gasteiger partial charge on any atom is 0.221 e. The van der Waals surface area contributed by atoms with Gasteiger partial charge in [0.1, 0.15) is 11.6 Å².